The summed E-state index contributed by atoms with van der Waals surface area (Å²) in [6, 6.07) is 10.3. The quantitative estimate of drug-likeness (QED) is 0.278. The zero-order chi connectivity index (χ0) is 20.4. The molecule has 1 aromatic heterocycles. The van der Waals surface area contributed by atoms with E-state index in [2.05, 4.69) is 46.9 Å². The lowest BCUT2D eigenvalue weighted by molar-refractivity contribution is 0.566. The molecule has 28 heavy (non-hydrogen) atoms. The molecule has 5 nitrogen and oxygen atoms in total. The summed E-state index contributed by atoms with van der Waals surface area (Å²) in [4.78, 5) is 4.00. The molecule has 0 fully saturated rings. The van der Waals surface area contributed by atoms with Gasteiger partial charge in [-0.3, -0.25) is 4.99 Å². The number of hydrogen-bond donors (Lipinski definition) is 3. The van der Waals surface area contributed by atoms with Crippen LogP contribution in [0.15, 0.2) is 35.3 Å². The summed E-state index contributed by atoms with van der Waals surface area (Å²) in [7, 11) is 0. The maximum absolute atomic E-state index is 6.01. The fraction of sp³-hybridized carbons (Fsp3) is 0.500. The van der Waals surface area contributed by atoms with Crippen LogP contribution >= 0.6 is 11.6 Å². The Bertz CT molecular complexity index is 745. The van der Waals surface area contributed by atoms with Gasteiger partial charge in [0.2, 0.25) is 0 Å². The molecular formula is C22H34ClN5. The van der Waals surface area contributed by atoms with E-state index in [1.807, 2.05) is 12.1 Å². The molecule has 0 bridgehead atoms. The number of hydrogen-bond acceptors (Lipinski definition) is 2. The largest absolute Gasteiger partial charge is 0.370 e. The molecule has 0 spiro atoms. The fourth-order valence-electron chi connectivity index (χ4n) is 3.50. The van der Waals surface area contributed by atoms with E-state index in [9.17, 15) is 0 Å². The second kappa shape index (κ2) is 11.8. The van der Waals surface area contributed by atoms with Crippen molar-refractivity contribution in [2.45, 2.75) is 58.9 Å². The highest BCUT2D eigenvalue weighted by Crippen LogP contribution is 2.22. The van der Waals surface area contributed by atoms with Crippen LogP contribution in [0.5, 0.6) is 0 Å². The molecule has 2 aromatic rings. The Hall–Kier alpha value is -1.98. The van der Waals surface area contributed by atoms with Crippen LogP contribution in [0.2, 0.25) is 5.02 Å². The molecule has 1 aromatic carbocycles. The van der Waals surface area contributed by atoms with Gasteiger partial charge in [-0.15, -0.1) is 0 Å². The van der Waals surface area contributed by atoms with Gasteiger partial charge in [0.1, 0.15) is 0 Å². The number of benzene rings is 1. The van der Waals surface area contributed by atoms with Crippen molar-refractivity contribution in [2.24, 2.45) is 16.5 Å². The summed E-state index contributed by atoms with van der Waals surface area (Å²) in [5.41, 5.74) is 15.7. The molecule has 1 heterocycles. The van der Waals surface area contributed by atoms with Crippen LogP contribution < -0.4 is 16.8 Å². The summed E-state index contributed by atoms with van der Waals surface area (Å²) >= 11 is 6.01. The molecule has 0 aliphatic carbocycles. The number of nitrogens with zero attached hydrogens (tertiary/aromatic N) is 2. The second-order valence-electron chi connectivity index (χ2n) is 7.31. The molecule has 0 atom stereocenters. The summed E-state index contributed by atoms with van der Waals surface area (Å²) in [5.74, 6) is 0.194. The molecule has 0 saturated heterocycles. The minimum atomic E-state index is 0.194. The van der Waals surface area contributed by atoms with Gasteiger partial charge in [-0.1, -0.05) is 37.3 Å². The highest BCUT2D eigenvalue weighted by Gasteiger charge is 2.10. The van der Waals surface area contributed by atoms with E-state index in [1.54, 1.807) is 0 Å². The molecular weight excluding hydrogens is 370 g/mol. The minimum Gasteiger partial charge on any atom is -0.370 e. The molecule has 5 N–H and O–H groups in total. The predicted octanol–water partition coefficient (Wildman–Crippen LogP) is 4.45. The molecule has 0 unspecified atom stereocenters. The van der Waals surface area contributed by atoms with Gasteiger partial charge in [0.25, 0.3) is 0 Å². The number of aryl methyl sites for hydroxylation is 1. The van der Waals surface area contributed by atoms with E-state index in [-0.39, 0.29) is 5.96 Å². The maximum atomic E-state index is 6.01. The number of halogens is 1. The first-order valence-corrected chi connectivity index (χ1v) is 10.6. The van der Waals surface area contributed by atoms with Gasteiger partial charge in [0.15, 0.2) is 5.96 Å². The second-order valence-corrected chi connectivity index (χ2v) is 7.75. The summed E-state index contributed by atoms with van der Waals surface area (Å²) in [6.07, 6.45) is 7.26. The van der Waals surface area contributed by atoms with Gasteiger partial charge in [-0.05, 0) is 69.1 Å². The van der Waals surface area contributed by atoms with E-state index >= 15 is 0 Å². The van der Waals surface area contributed by atoms with Gasteiger partial charge in [-0.25, -0.2) is 0 Å². The van der Waals surface area contributed by atoms with Crippen LogP contribution in [-0.2, 0) is 6.54 Å². The lowest BCUT2D eigenvalue weighted by Gasteiger charge is -2.10. The monoisotopic (exact) mass is 403 g/mol. The van der Waals surface area contributed by atoms with Crippen molar-refractivity contribution in [1.82, 2.24) is 9.88 Å². The van der Waals surface area contributed by atoms with E-state index in [4.69, 9.17) is 23.1 Å². The van der Waals surface area contributed by atoms with E-state index < -0.39 is 0 Å². The van der Waals surface area contributed by atoms with Gasteiger partial charge < -0.3 is 21.4 Å². The number of nitrogens with one attached hydrogen (secondary N) is 1. The Morgan fingerprint density at radius 1 is 1.00 bits per heavy atom. The number of rotatable bonds is 12. The van der Waals surface area contributed by atoms with E-state index in [0.29, 0.717) is 0 Å². The zero-order valence-corrected chi connectivity index (χ0v) is 17.9. The third-order valence-corrected chi connectivity index (χ3v) is 5.24. The van der Waals surface area contributed by atoms with Crippen molar-refractivity contribution in [2.75, 3.05) is 13.1 Å². The van der Waals surface area contributed by atoms with Crippen LogP contribution in [0.1, 0.15) is 55.5 Å². The van der Waals surface area contributed by atoms with Crippen LogP contribution in [0.3, 0.4) is 0 Å². The Morgan fingerprint density at radius 2 is 1.64 bits per heavy atom. The van der Waals surface area contributed by atoms with Crippen LogP contribution in [0.4, 0.5) is 0 Å². The lowest BCUT2D eigenvalue weighted by atomic mass is 10.1. The topological polar surface area (TPSA) is 81.4 Å². The van der Waals surface area contributed by atoms with Gasteiger partial charge in [-0.2, -0.15) is 0 Å². The third kappa shape index (κ3) is 7.21. The highest BCUT2D eigenvalue weighted by molar-refractivity contribution is 6.30. The third-order valence-electron chi connectivity index (χ3n) is 4.99. The Labute approximate surface area is 174 Å². The fourth-order valence-corrected chi connectivity index (χ4v) is 3.62. The van der Waals surface area contributed by atoms with Crippen molar-refractivity contribution in [1.29, 1.82) is 0 Å². The predicted molar refractivity (Wildman–Crippen MR) is 120 cm³/mol. The molecule has 154 valence electrons. The molecule has 0 saturated carbocycles. The Kier molecular flexibility index (Phi) is 9.38. The molecule has 0 radical (unpaired) electrons. The SMILES string of the molecule is Cc1cc(CNCCCCCCCCN=C(N)N)c(C)n1-c1ccc(Cl)cc1. The number of nitrogens with two attached hydrogens (primary N) is 2. The number of aromatic nitrogens is 1. The Balaban J connectivity index is 1.65. The standard InChI is InChI=1S/C22H34ClN5/c1-17-15-19(18(2)28(17)21-11-9-20(23)10-12-21)16-26-13-7-5-3-4-6-8-14-27-22(24)25/h9-12,15,26H,3-8,13-14,16H2,1-2H3,(H4,24,25,27). The first-order valence-electron chi connectivity index (χ1n) is 10.2. The minimum absolute atomic E-state index is 0.194. The van der Waals surface area contributed by atoms with Crippen molar-refractivity contribution >= 4 is 17.6 Å². The van der Waals surface area contributed by atoms with Gasteiger partial charge in [0, 0.05) is 35.2 Å². The Morgan fingerprint density at radius 3 is 2.32 bits per heavy atom. The molecule has 2 rings (SSSR count). The first-order chi connectivity index (χ1) is 13.5. The summed E-state index contributed by atoms with van der Waals surface area (Å²) in [5, 5.41) is 4.35. The number of aliphatic imine (C=N–C) groups is 1. The average Bonchev–Trinajstić information content (AvgIpc) is 2.94. The van der Waals surface area contributed by atoms with Crippen LogP contribution in [-0.4, -0.2) is 23.6 Å². The van der Waals surface area contributed by atoms with E-state index in [0.717, 1.165) is 36.8 Å². The maximum Gasteiger partial charge on any atom is 0.185 e. The normalized spacial score (nSPS) is 11.0. The molecule has 0 aliphatic heterocycles. The lowest BCUT2D eigenvalue weighted by Crippen LogP contribution is -2.22. The molecule has 6 heteroatoms. The van der Waals surface area contributed by atoms with Crippen molar-refractivity contribution < 1.29 is 0 Å². The molecule has 0 amide bonds. The average molecular weight is 404 g/mol. The highest BCUT2D eigenvalue weighted by atomic mass is 35.5. The van der Waals surface area contributed by atoms with Crippen LogP contribution in [0, 0.1) is 13.8 Å². The number of unbranched alkanes of at least 4 members (excludes halogenated alkanes) is 5. The molecule has 0 aliphatic rings. The van der Waals surface area contributed by atoms with Gasteiger partial charge >= 0.3 is 0 Å². The van der Waals surface area contributed by atoms with Crippen molar-refractivity contribution in [3.63, 3.8) is 0 Å². The van der Waals surface area contributed by atoms with Crippen LogP contribution in [0.25, 0.3) is 5.69 Å². The smallest absolute Gasteiger partial charge is 0.185 e. The zero-order valence-electron chi connectivity index (χ0n) is 17.2. The summed E-state index contributed by atoms with van der Waals surface area (Å²) in [6.45, 7) is 7.04. The summed E-state index contributed by atoms with van der Waals surface area (Å²) < 4.78 is 2.29. The van der Waals surface area contributed by atoms with Gasteiger partial charge in [0.05, 0.1) is 0 Å². The van der Waals surface area contributed by atoms with Crippen molar-refractivity contribution in [3.05, 3.63) is 52.3 Å². The number of guanidine groups is 1. The first kappa shape index (κ1) is 22.3. The van der Waals surface area contributed by atoms with Crippen molar-refractivity contribution in [3.8, 4) is 5.69 Å². The van der Waals surface area contributed by atoms with E-state index in [1.165, 1.54) is 49.1 Å².